The van der Waals surface area contributed by atoms with Crippen molar-refractivity contribution in [2.75, 3.05) is 13.6 Å². The van der Waals surface area contributed by atoms with E-state index in [2.05, 4.69) is 11.9 Å². The Kier molecular flexibility index (Phi) is 4.13. The molecule has 0 unspecified atom stereocenters. The van der Waals surface area contributed by atoms with E-state index in [0.717, 1.165) is 24.6 Å². The minimum absolute atomic E-state index is 0.196. The molecule has 1 aliphatic rings. The SMILES string of the molecule is CN(Cc1ccc(F)c(CN)c1)CC1CCC1. The summed E-state index contributed by atoms with van der Waals surface area (Å²) in [5, 5.41) is 0. The van der Waals surface area contributed by atoms with Gasteiger partial charge in [0.1, 0.15) is 5.82 Å². The van der Waals surface area contributed by atoms with E-state index in [1.807, 2.05) is 12.1 Å². The number of nitrogens with zero attached hydrogens (tertiary/aromatic N) is 1. The fraction of sp³-hybridized carbons (Fsp3) is 0.571. The van der Waals surface area contributed by atoms with Gasteiger partial charge in [-0.15, -0.1) is 0 Å². The van der Waals surface area contributed by atoms with E-state index in [4.69, 9.17) is 5.73 Å². The van der Waals surface area contributed by atoms with Crippen LogP contribution in [0.4, 0.5) is 4.39 Å². The van der Waals surface area contributed by atoms with Gasteiger partial charge in [-0.2, -0.15) is 0 Å². The normalized spacial score (nSPS) is 16.2. The lowest BCUT2D eigenvalue weighted by Crippen LogP contribution is -2.29. The molecule has 1 saturated carbocycles. The van der Waals surface area contributed by atoms with Crippen molar-refractivity contribution in [3.63, 3.8) is 0 Å². The first-order valence-electron chi connectivity index (χ1n) is 6.35. The Morgan fingerprint density at radius 1 is 1.41 bits per heavy atom. The summed E-state index contributed by atoms with van der Waals surface area (Å²) in [5.41, 5.74) is 7.27. The third-order valence-electron chi connectivity index (χ3n) is 3.58. The number of benzene rings is 1. The van der Waals surface area contributed by atoms with Gasteiger partial charge in [0.15, 0.2) is 0 Å². The molecule has 1 fully saturated rings. The average Bonchev–Trinajstić information content (AvgIpc) is 2.26. The summed E-state index contributed by atoms with van der Waals surface area (Å²) in [4.78, 5) is 2.32. The number of halogens is 1. The Labute approximate surface area is 103 Å². The minimum atomic E-state index is -0.196. The van der Waals surface area contributed by atoms with Gasteiger partial charge in [0.2, 0.25) is 0 Å². The lowest BCUT2D eigenvalue weighted by molar-refractivity contribution is 0.200. The predicted octanol–water partition coefficient (Wildman–Crippen LogP) is 2.52. The van der Waals surface area contributed by atoms with Crippen LogP contribution in [0.25, 0.3) is 0 Å². The van der Waals surface area contributed by atoms with E-state index in [0.29, 0.717) is 5.56 Å². The highest BCUT2D eigenvalue weighted by molar-refractivity contribution is 5.24. The molecule has 1 aliphatic carbocycles. The molecule has 1 aromatic carbocycles. The van der Waals surface area contributed by atoms with Gasteiger partial charge in [0.05, 0.1) is 0 Å². The molecule has 3 heteroatoms. The zero-order valence-corrected chi connectivity index (χ0v) is 10.5. The van der Waals surface area contributed by atoms with Crippen LogP contribution in [-0.2, 0) is 13.1 Å². The molecular formula is C14H21FN2. The summed E-state index contributed by atoms with van der Waals surface area (Å²) in [6.45, 7) is 2.30. The summed E-state index contributed by atoms with van der Waals surface area (Å²) in [7, 11) is 2.13. The molecule has 17 heavy (non-hydrogen) atoms. The van der Waals surface area contributed by atoms with Gasteiger partial charge >= 0.3 is 0 Å². The van der Waals surface area contributed by atoms with Crippen LogP contribution < -0.4 is 5.73 Å². The number of nitrogens with two attached hydrogens (primary N) is 1. The Hall–Kier alpha value is -0.930. The highest BCUT2D eigenvalue weighted by atomic mass is 19.1. The molecule has 0 heterocycles. The van der Waals surface area contributed by atoms with Gasteiger partial charge in [0, 0.05) is 25.2 Å². The third kappa shape index (κ3) is 3.27. The predicted molar refractivity (Wildman–Crippen MR) is 68.0 cm³/mol. The second-order valence-corrected chi connectivity index (χ2v) is 5.12. The molecule has 0 saturated heterocycles. The van der Waals surface area contributed by atoms with Gasteiger partial charge in [-0.1, -0.05) is 18.6 Å². The van der Waals surface area contributed by atoms with E-state index < -0.39 is 0 Å². The van der Waals surface area contributed by atoms with Crippen molar-refractivity contribution in [2.24, 2.45) is 11.7 Å². The van der Waals surface area contributed by atoms with Crippen molar-refractivity contribution < 1.29 is 4.39 Å². The van der Waals surface area contributed by atoms with Crippen LogP contribution in [0.15, 0.2) is 18.2 Å². The smallest absolute Gasteiger partial charge is 0.127 e. The molecule has 94 valence electrons. The Balaban J connectivity index is 1.92. The van der Waals surface area contributed by atoms with E-state index in [9.17, 15) is 4.39 Å². The molecule has 0 amide bonds. The molecule has 2 nitrogen and oxygen atoms in total. The van der Waals surface area contributed by atoms with E-state index in [1.54, 1.807) is 0 Å². The molecule has 0 spiro atoms. The molecule has 0 radical (unpaired) electrons. The summed E-state index contributed by atoms with van der Waals surface area (Å²) in [6, 6.07) is 5.26. The van der Waals surface area contributed by atoms with Crippen molar-refractivity contribution in [1.82, 2.24) is 4.90 Å². The molecule has 2 rings (SSSR count). The van der Waals surface area contributed by atoms with Crippen molar-refractivity contribution in [2.45, 2.75) is 32.4 Å². The highest BCUT2D eigenvalue weighted by Crippen LogP contribution is 2.27. The number of hydrogen-bond acceptors (Lipinski definition) is 2. The quantitative estimate of drug-likeness (QED) is 0.851. The van der Waals surface area contributed by atoms with E-state index >= 15 is 0 Å². The fourth-order valence-electron chi connectivity index (χ4n) is 2.38. The highest BCUT2D eigenvalue weighted by Gasteiger charge is 2.19. The fourth-order valence-corrected chi connectivity index (χ4v) is 2.38. The van der Waals surface area contributed by atoms with E-state index in [1.165, 1.54) is 25.3 Å². The largest absolute Gasteiger partial charge is 0.326 e. The average molecular weight is 236 g/mol. The second kappa shape index (κ2) is 5.61. The molecule has 0 aromatic heterocycles. The van der Waals surface area contributed by atoms with Crippen LogP contribution in [0.2, 0.25) is 0 Å². The summed E-state index contributed by atoms with van der Waals surface area (Å²) in [5.74, 6) is 0.673. The van der Waals surface area contributed by atoms with Crippen LogP contribution in [0.1, 0.15) is 30.4 Å². The molecule has 0 bridgehead atoms. The van der Waals surface area contributed by atoms with Gasteiger partial charge in [-0.05, 0) is 37.4 Å². The maximum atomic E-state index is 13.3. The number of rotatable bonds is 5. The summed E-state index contributed by atoms with van der Waals surface area (Å²) >= 11 is 0. The first-order valence-corrected chi connectivity index (χ1v) is 6.35. The van der Waals surface area contributed by atoms with Gasteiger partial charge in [-0.3, -0.25) is 0 Å². The van der Waals surface area contributed by atoms with Crippen LogP contribution in [-0.4, -0.2) is 18.5 Å². The van der Waals surface area contributed by atoms with E-state index in [-0.39, 0.29) is 12.4 Å². The lowest BCUT2D eigenvalue weighted by Gasteiger charge is -2.30. The van der Waals surface area contributed by atoms with Crippen molar-refractivity contribution >= 4 is 0 Å². The van der Waals surface area contributed by atoms with Crippen LogP contribution >= 0.6 is 0 Å². The first-order chi connectivity index (χ1) is 8.19. The Morgan fingerprint density at radius 2 is 2.18 bits per heavy atom. The zero-order chi connectivity index (χ0) is 12.3. The lowest BCUT2D eigenvalue weighted by atomic mass is 9.85. The second-order valence-electron chi connectivity index (χ2n) is 5.12. The van der Waals surface area contributed by atoms with Gasteiger partial charge in [-0.25, -0.2) is 4.39 Å². The summed E-state index contributed by atoms with van der Waals surface area (Å²) in [6.07, 6.45) is 4.11. The van der Waals surface area contributed by atoms with Crippen LogP contribution in [0, 0.1) is 11.7 Å². The molecule has 1 aromatic rings. The first kappa shape index (κ1) is 12.5. The van der Waals surface area contributed by atoms with Gasteiger partial charge in [0.25, 0.3) is 0 Å². The minimum Gasteiger partial charge on any atom is -0.326 e. The molecule has 0 aliphatic heterocycles. The monoisotopic (exact) mass is 236 g/mol. The van der Waals surface area contributed by atoms with Gasteiger partial charge < -0.3 is 10.6 Å². The zero-order valence-electron chi connectivity index (χ0n) is 10.5. The number of hydrogen-bond donors (Lipinski definition) is 1. The van der Waals surface area contributed by atoms with Crippen molar-refractivity contribution in [3.8, 4) is 0 Å². The van der Waals surface area contributed by atoms with Crippen molar-refractivity contribution in [1.29, 1.82) is 0 Å². The van der Waals surface area contributed by atoms with Crippen LogP contribution in [0.3, 0.4) is 0 Å². The van der Waals surface area contributed by atoms with Crippen molar-refractivity contribution in [3.05, 3.63) is 35.1 Å². The molecule has 2 N–H and O–H groups in total. The molecular weight excluding hydrogens is 215 g/mol. The van der Waals surface area contributed by atoms with Crippen LogP contribution in [0.5, 0.6) is 0 Å². The topological polar surface area (TPSA) is 29.3 Å². The Bertz CT molecular complexity index is 374. The summed E-state index contributed by atoms with van der Waals surface area (Å²) < 4.78 is 13.3. The maximum Gasteiger partial charge on any atom is 0.127 e. The third-order valence-corrected chi connectivity index (χ3v) is 3.58. The maximum absolute atomic E-state index is 13.3. The molecule has 0 atom stereocenters. The Morgan fingerprint density at radius 3 is 2.76 bits per heavy atom. The standard InChI is InChI=1S/C14H21FN2/c1-17(9-11-3-2-4-11)10-12-5-6-14(15)13(7-12)8-16/h5-7,11H,2-4,8-10,16H2,1H3.